The molecule has 7 nitrogen and oxygen atoms in total. The Kier molecular flexibility index (Phi) is 4.11. The fraction of sp³-hybridized carbons (Fsp3) is 0.600. The van der Waals surface area contributed by atoms with Crippen molar-refractivity contribution in [3.63, 3.8) is 0 Å². The van der Waals surface area contributed by atoms with E-state index in [1.54, 1.807) is 0 Å². The second-order valence-corrected chi connectivity index (χ2v) is 4.49. The van der Waals surface area contributed by atoms with Crippen LogP contribution in [0.5, 0.6) is 0 Å². The van der Waals surface area contributed by atoms with Crippen molar-refractivity contribution >= 4 is 12.2 Å². The van der Waals surface area contributed by atoms with Crippen LogP contribution in [0.4, 0.5) is 4.39 Å². The molecule has 2 heterocycles. The van der Waals surface area contributed by atoms with Crippen LogP contribution in [0, 0.1) is 10.5 Å². The zero-order valence-corrected chi connectivity index (χ0v) is 10.8. The monoisotopic (exact) mass is 292 g/mol. The van der Waals surface area contributed by atoms with Crippen LogP contribution in [0.2, 0.25) is 0 Å². The maximum Gasteiger partial charge on any atom is 0.328 e. The van der Waals surface area contributed by atoms with Gasteiger partial charge in [-0.05, 0) is 0 Å². The van der Waals surface area contributed by atoms with Gasteiger partial charge in [-0.25, -0.2) is 9.18 Å². The van der Waals surface area contributed by atoms with Crippen LogP contribution < -0.4 is 5.69 Å². The van der Waals surface area contributed by atoms with Gasteiger partial charge in [-0.1, -0.05) is 12.2 Å². The van der Waals surface area contributed by atoms with E-state index in [9.17, 15) is 14.3 Å². The third-order valence-corrected chi connectivity index (χ3v) is 3.26. The molecule has 1 aromatic heterocycles. The number of methoxy groups -OCH3 is 1. The van der Waals surface area contributed by atoms with Gasteiger partial charge in [-0.15, -0.1) is 0 Å². The lowest BCUT2D eigenvalue weighted by atomic mass is 10.1. The summed E-state index contributed by atoms with van der Waals surface area (Å²) >= 11 is 4.60. The number of aromatic amines is 1. The van der Waals surface area contributed by atoms with E-state index in [-0.39, 0.29) is 4.64 Å². The van der Waals surface area contributed by atoms with E-state index in [2.05, 4.69) is 17.2 Å². The SMILES string of the molecule is CO[C@@H]1[C@H](O)[C@@H](CO)O[C@H]1n1cc(F)c(=S)[nH]c1=O. The molecule has 0 spiro atoms. The number of rotatable bonds is 3. The van der Waals surface area contributed by atoms with Crippen molar-refractivity contribution in [1.29, 1.82) is 0 Å². The lowest BCUT2D eigenvalue weighted by Crippen LogP contribution is -2.37. The summed E-state index contributed by atoms with van der Waals surface area (Å²) in [5, 5.41) is 18.9. The average Bonchev–Trinajstić information content (AvgIpc) is 2.70. The Balaban J connectivity index is 2.44. The van der Waals surface area contributed by atoms with Crippen molar-refractivity contribution < 1.29 is 24.1 Å². The van der Waals surface area contributed by atoms with Gasteiger partial charge in [-0.2, -0.15) is 0 Å². The Morgan fingerprint density at radius 3 is 2.95 bits per heavy atom. The number of nitrogens with zero attached hydrogens (tertiary/aromatic N) is 1. The van der Waals surface area contributed by atoms with Crippen molar-refractivity contribution in [3.05, 3.63) is 27.1 Å². The van der Waals surface area contributed by atoms with Gasteiger partial charge < -0.3 is 19.7 Å². The predicted octanol–water partition coefficient (Wildman–Crippen LogP) is -0.689. The molecular weight excluding hydrogens is 279 g/mol. The number of nitrogens with one attached hydrogen (secondary N) is 1. The number of H-pyrrole nitrogens is 1. The van der Waals surface area contributed by atoms with Crippen LogP contribution in [0.1, 0.15) is 6.23 Å². The fourth-order valence-electron chi connectivity index (χ4n) is 2.00. The number of hydrogen-bond acceptors (Lipinski definition) is 6. The minimum atomic E-state index is -1.13. The summed E-state index contributed by atoms with van der Waals surface area (Å²) in [4.78, 5) is 13.9. The number of ether oxygens (including phenoxy) is 2. The summed E-state index contributed by atoms with van der Waals surface area (Å²) in [7, 11) is 1.32. The zero-order valence-electron chi connectivity index (χ0n) is 9.95. The summed E-state index contributed by atoms with van der Waals surface area (Å²) in [6, 6.07) is 0. The molecule has 0 radical (unpaired) electrons. The van der Waals surface area contributed by atoms with Gasteiger partial charge in [-0.3, -0.25) is 9.55 Å². The molecule has 0 aliphatic carbocycles. The molecule has 0 aromatic carbocycles. The standard InChI is InChI=1S/C10H13FN2O5S/c1-17-7-6(15)5(3-14)18-9(7)13-2-4(11)8(19)12-10(13)16/h2,5-7,9,14-15H,3H2,1H3,(H,12,16,19)/t5-,6-,7-,9-/m1/s1. The van der Waals surface area contributed by atoms with Gasteiger partial charge in [0, 0.05) is 7.11 Å². The Morgan fingerprint density at radius 2 is 2.37 bits per heavy atom. The Morgan fingerprint density at radius 1 is 1.68 bits per heavy atom. The van der Waals surface area contributed by atoms with Crippen LogP contribution in [0.3, 0.4) is 0 Å². The second-order valence-electron chi connectivity index (χ2n) is 4.08. The molecule has 4 atom stereocenters. The van der Waals surface area contributed by atoms with E-state index in [0.717, 1.165) is 10.8 Å². The van der Waals surface area contributed by atoms with Gasteiger partial charge in [0.15, 0.2) is 12.0 Å². The maximum atomic E-state index is 13.4. The Bertz CT molecular complexity index is 574. The largest absolute Gasteiger partial charge is 0.394 e. The second kappa shape index (κ2) is 5.47. The molecule has 1 aliphatic rings. The molecule has 1 fully saturated rings. The molecule has 0 bridgehead atoms. The molecule has 1 aliphatic heterocycles. The van der Waals surface area contributed by atoms with E-state index in [1.165, 1.54) is 7.11 Å². The van der Waals surface area contributed by atoms with Gasteiger partial charge in [0.25, 0.3) is 0 Å². The number of aliphatic hydroxyl groups is 2. The van der Waals surface area contributed by atoms with Crippen molar-refractivity contribution in [2.45, 2.75) is 24.5 Å². The zero-order chi connectivity index (χ0) is 14.2. The molecule has 19 heavy (non-hydrogen) atoms. The third-order valence-electron chi connectivity index (χ3n) is 2.96. The summed E-state index contributed by atoms with van der Waals surface area (Å²) in [5.41, 5.74) is -0.691. The number of aliphatic hydroxyl groups excluding tert-OH is 2. The molecule has 2 rings (SSSR count). The van der Waals surface area contributed by atoms with Crippen LogP contribution in [-0.2, 0) is 9.47 Å². The van der Waals surface area contributed by atoms with Crippen LogP contribution >= 0.6 is 12.2 Å². The van der Waals surface area contributed by atoms with Gasteiger partial charge in [0.05, 0.1) is 12.8 Å². The molecule has 9 heteroatoms. The minimum absolute atomic E-state index is 0.313. The number of aromatic nitrogens is 2. The topological polar surface area (TPSA) is 96.7 Å². The Hall–Kier alpha value is -1.13. The highest BCUT2D eigenvalue weighted by molar-refractivity contribution is 7.71. The first-order chi connectivity index (χ1) is 8.99. The van der Waals surface area contributed by atoms with Crippen LogP contribution in [-0.4, -0.2) is 51.8 Å². The summed E-state index contributed by atoms with van der Waals surface area (Å²) in [6.07, 6.45) is -3.11. The van der Waals surface area contributed by atoms with Crippen molar-refractivity contribution in [3.8, 4) is 0 Å². The normalized spacial score (nSPS) is 30.7. The van der Waals surface area contributed by atoms with Crippen LogP contribution in [0.25, 0.3) is 0 Å². The average molecular weight is 292 g/mol. The maximum absolute atomic E-state index is 13.4. The van der Waals surface area contributed by atoms with Gasteiger partial charge >= 0.3 is 5.69 Å². The first kappa shape index (κ1) is 14.3. The number of hydrogen-bond donors (Lipinski definition) is 3. The molecule has 0 saturated carbocycles. The van der Waals surface area contributed by atoms with E-state index < -0.39 is 42.7 Å². The van der Waals surface area contributed by atoms with Gasteiger partial charge in [0.1, 0.15) is 23.0 Å². The highest BCUT2D eigenvalue weighted by Crippen LogP contribution is 2.30. The molecule has 0 amide bonds. The molecule has 0 unspecified atom stereocenters. The predicted molar refractivity (Wildman–Crippen MR) is 63.6 cm³/mol. The summed E-state index contributed by atoms with van der Waals surface area (Å²) in [5.74, 6) is -0.796. The van der Waals surface area contributed by atoms with E-state index >= 15 is 0 Å². The first-order valence-electron chi connectivity index (χ1n) is 5.47. The van der Waals surface area contributed by atoms with Crippen molar-refractivity contribution in [2.75, 3.05) is 13.7 Å². The lowest BCUT2D eigenvalue weighted by Gasteiger charge is -2.20. The third kappa shape index (κ3) is 2.47. The molecule has 1 aromatic rings. The van der Waals surface area contributed by atoms with Crippen molar-refractivity contribution in [2.24, 2.45) is 0 Å². The molecule has 106 valence electrons. The minimum Gasteiger partial charge on any atom is -0.394 e. The molecule has 1 saturated heterocycles. The fourth-order valence-corrected chi connectivity index (χ4v) is 2.14. The Labute approximate surface area is 112 Å². The summed E-state index contributed by atoms with van der Waals surface area (Å²) in [6.45, 7) is -0.447. The smallest absolute Gasteiger partial charge is 0.328 e. The van der Waals surface area contributed by atoms with Gasteiger partial charge in [0.2, 0.25) is 0 Å². The highest BCUT2D eigenvalue weighted by Gasteiger charge is 2.45. The highest BCUT2D eigenvalue weighted by atomic mass is 32.1. The number of halogens is 1. The van der Waals surface area contributed by atoms with E-state index in [4.69, 9.17) is 14.6 Å². The van der Waals surface area contributed by atoms with E-state index in [0.29, 0.717) is 0 Å². The van der Waals surface area contributed by atoms with Crippen molar-refractivity contribution in [1.82, 2.24) is 9.55 Å². The quantitative estimate of drug-likeness (QED) is 0.638. The van der Waals surface area contributed by atoms with E-state index in [1.807, 2.05) is 0 Å². The lowest BCUT2D eigenvalue weighted by molar-refractivity contribution is -0.0629. The molecule has 3 N–H and O–H groups in total. The first-order valence-corrected chi connectivity index (χ1v) is 5.88. The summed E-state index contributed by atoms with van der Waals surface area (Å²) < 4.78 is 24.3. The van der Waals surface area contributed by atoms with Crippen LogP contribution in [0.15, 0.2) is 11.0 Å². The molecular formula is C10H13FN2O5S.